The Balaban J connectivity index is 2.21. The van der Waals surface area contributed by atoms with Crippen molar-refractivity contribution < 1.29 is 4.52 Å². The summed E-state index contributed by atoms with van der Waals surface area (Å²) in [6.45, 7) is 2.26. The van der Waals surface area contributed by atoms with Gasteiger partial charge in [0.1, 0.15) is 6.54 Å². The topological polar surface area (TPSA) is 95.7 Å². The third-order valence-corrected chi connectivity index (χ3v) is 1.81. The molecule has 0 spiro atoms. The second-order valence-corrected chi connectivity index (χ2v) is 2.94. The van der Waals surface area contributed by atoms with E-state index in [9.17, 15) is 0 Å². The van der Waals surface area contributed by atoms with E-state index in [0.29, 0.717) is 12.4 Å². The van der Waals surface area contributed by atoms with Gasteiger partial charge in [-0.05, 0) is 6.92 Å². The zero-order valence-electron chi connectivity index (χ0n) is 7.66. The van der Waals surface area contributed by atoms with Gasteiger partial charge >= 0.3 is 0 Å². The molecule has 14 heavy (non-hydrogen) atoms. The fourth-order valence-electron chi connectivity index (χ4n) is 1.13. The summed E-state index contributed by atoms with van der Waals surface area (Å²) in [4.78, 5) is 3.88. The summed E-state index contributed by atoms with van der Waals surface area (Å²) in [5.41, 5.74) is 6.56. The molecule has 2 aromatic heterocycles. The van der Waals surface area contributed by atoms with Gasteiger partial charge in [0.05, 0.1) is 11.9 Å². The molecule has 0 amide bonds. The highest BCUT2D eigenvalue weighted by atomic mass is 16.5. The van der Waals surface area contributed by atoms with Crippen LogP contribution < -0.4 is 5.73 Å². The third kappa shape index (κ3) is 1.62. The summed E-state index contributed by atoms with van der Waals surface area (Å²) in [6.07, 6.45) is 2.97. The van der Waals surface area contributed by atoms with Gasteiger partial charge in [0.15, 0.2) is 6.33 Å². The van der Waals surface area contributed by atoms with Gasteiger partial charge in [0, 0.05) is 6.04 Å². The monoisotopic (exact) mass is 194 g/mol. The molecule has 2 heterocycles. The average molecular weight is 194 g/mol. The van der Waals surface area contributed by atoms with E-state index in [1.54, 1.807) is 10.9 Å². The minimum atomic E-state index is -0.118. The van der Waals surface area contributed by atoms with Crippen molar-refractivity contribution in [1.82, 2.24) is 25.1 Å². The molecule has 0 unspecified atom stereocenters. The summed E-state index contributed by atoms with van der Waals surface area (Å²) in [5.74, 6) is 0.484. The van der Waals surface area contributed by atoms with Crippen molar-refractivity contribution in [1.29, 1.82) is 0 Å². The lowest BCUT2D eigenvalue weighted by Gasteiger charge is -2.05. The third-order valence-electron chi connectivity index (χ3n) is 1.81. The Labute approximate surface area is 79.9 Å². The highest BCUT2D eigenvalue weighted by Gasteiger charge is 2.10. The molecule has 0 aliphatic rings. The van der Waals surface area contributed by atoms with Gasteiger partial charge < -0.3 is 10.3 Å². The Bertz CT molecular complexity index is 392. The van der Waals surface area contributed by atoms with Crippen LogP contribution in [0.1, 0.15) is 24.6 Å². The molecular formula is C7H10N6O. The van der Waals surface area contributed by atoms with E-state index >= 15 is 0 Å². The van der Waals surface area contributed by atoms with E-state index in [4.69, 9.17) is 10.3 Å². The van der Waals surface area contributed by atoms with E-state index in [1.807, 2.05) is 6.92 Å². The predicted molar refractivity (Wildman–Crippen MR) is 46.0 cm³/mol. The van der Waals surface area contributed by atoms with Gasteiger partial charge in [0.25, 0.3) is 0 Å². The van der Waals surface area contributed by atoms with Crippen LogP contribution in [0.4, 0.5) is 0 Å². The molecule has 0 saturated heterocycles. The first-order valence-corrected chi connectivity index (χ1v) is 4.17. The first kappa shape index (κ1) is 8.82. The average Bonchev–Trinajstić information content (AvgIpc) is 2.75. The van der Waals surface area contributed by atoms with Gasteiger partial charge in [0.2, 0.25) is 5.89 Å². The Kier molecular flexibility index (Phi) is 2.23. The van der Waals surface area contributed by atoms with Crippen molar-refractivity contribution in [2.75, 3.05) is 0 Å². The summed E-state index contributed by atoms with van der Waals surface area (Å²) in [5, 5.41) is 11.1. The van der Waals surface area contributed by atoms with Crippen LogP contribution in [-0.2, 0) is 6.54 Å². The van der Waals surface area contributed by atoms with Gasteiger partial charge in [-0.25, -0.2) is 4.68 Å². The highest BCUT2D eigenvalue weighted by Crippen LogP contribution is 2.08. The molecule has 0 radical (unpaired) electrons. The molecule has 0 bridgehead atoms. The standard InChI is InChI=1S/C7H10N6O/c1-5(8)6-2-10-12-13(6)3-7-9-4-11-14-7/h2,4-5H,3,8H2,1H3/t5-/m0/s1. The molecule has 0 aromatic carbocycles. The lowest BCUT2D eigenvalue weighted by molar-refractivity contribution is 0.360. The fraction of sp³-hybridized carbons (Fsp3) is 0.429. The number of hydrogen-bond acceptors (Lipinski definition) is 6. The summed E-state index contributed by atoms with van der Waals surface area (Å²) in [6, 6.07) is -0.118. The van der Waals surface area contributed by atoms with Crippen LogP contribution in [0.5, 0.6) is 0 Å². The number of aromatic nitrogens is 5. The minimum absolute atomic E-state index is 0.118. The Morgan fingerprint density at radius 3 is 3.14 bits per heavy atom. The maximum absolute atomic E-state index is 5.72. The van der Waals surface area contributed by atoms with Crippen LogP contribution in [0, 0.1) is 0 Å². The van der Waals surface area contributed by atoms with Crippen LogP contribution >= 0.6 is 0 Å². The second kappa shape index (κ2) is 3.54. The van der Waals surface area contributed by atoms with E-state index in [-0.39, 0.29) is 6.04 Å². The largest absolute Gasteiger partial charge is 0.338 e. The quantitative estimate of drug-likeness (QED) is 0.722. The summed E-state index contributed by atoms with van der Waals surface area (Å²) in [7, 11) is 0. The molecule has 0 saturated carbocycles. The summed E-state index contributed by atoms with van der Waals surface area (Å²) >= 11 is 0. The van der Waals surface area contributed by atoms with Crippen LogP contribution in [0.25, 0.3) is 0 Å². The molecule has 2 rings (SSSR count). The molecule has 2 aromatic rings. The molecular weight excluding hydrogens is 184 g/mol. The number of rotatable bonds is 3. The molecule has 0 aliphatic carbocycles. The van der Waals surface area contributed by atoms with Crippen molar-refractivity contribution in [2.24, 2.45) is 5.73 Å². The second-order valence-electron chi connectivity index (χ2n) is 2.94. The van der Waals surface area contributed by atoms with Crippen LogP contribution in [0.3, 0.4) is 0 Å². The SMILES string of the molecule is C[C@H](N)c1cnnn1Cc1ncno1. The number of nitrogens with zero attached hydrogens (tertiary/aromatic N) is 5. The zero-order valence-corrected chi connectivity index (χ0v) is 7.66. The number of nitrogens with two attached hydrogens (primary N) is 1. The minimum Gasteiger partial charge on any atom is -0.338 e. The molecule has 2 N–H and O–H groups in total. The molecule has 0 fully saturated rings. The highest BCUT2D eigenvalue weighted by molar-refractivity contribution is 5.00. The first-order valence-electron chi connectivity index (χ1n) is 4.17. The fourth-order valence-corrected chi connectivity index (χ4v) is 1.13. The normalized spacial score (nSPS) is 13.0. The Morgan fingerprint density at radius 2 is 2.50 bits per heavy atom. The van der Waals surface area contributed by atoms with Crippen molar-refractivity contribution in [3.8, 4) is 0 Å². The van der Waals surface area contributed by atoms with Crippen molar-refractivity contribution in [3.05, 3.63) is 24.1 Å². The lowest BCUT2D eigenvalue weighted by Crippen LogP contribution is -2.14. The van der Waals surface area contributed by atoms with Crippen LogP contribution in [0.2, 0.25) is 0 Å². The molecule has 7 nitrogen and oxygen atoms in total. The Hall–Kier alpha value is -1.76. The van der Waals surface area contributed by atoms with Crippen molar-refractivity contribution >= 4 is 0 Å². The van der Waals surface area contributed by atoms with Crippen molar-refractivity contribution in [3.63, 3.8) is 0 Å². The van der Waals surface area contributed by atoms with Gasteiger partial charge in [-0.2, -0.15) is 4.98 Å². The van der Waals surface area contributed by atoms with Gasteiger partial charge in [-0.3, -0.25) is 0 Å². The molecule has 7 heteroatoms. The predicted octanol–water partition coefficient (Wildman–Crippen LogP) is -0.271. The molecule has 0 aliphatic heterocycles. The van der Waals surface area contributed by atoms with Gasteiger partial charge in [-0.15, -0.1) is 5.10 Å². The maximum atomic E-state index is 5.72. The van der Waals surface area contributed by atoms with Crippen LogP contribution in [0.15, 0.2) is 17.0 Å². The number of hydrogen-bond donors (Lipinski definition) is 1. The summed E-state index contributed by atoms with van der Waals surface area (Å²) < 4.78 is 6.49. The van der Waals surface area contributed by atoms with E-state index in [0.717, 1.165) is 5.69 Å². The molecule has 74 valence electrons. The maximum Gasteiger partial charge on any atom is 0.248 e. The Morgan fingerprint density at radius 1 is 1.64 bits per heavy atom. The van der Waals surface area contributed by atoms with E-state index in [1.165, 1.54) is 6.33 Å². The smallest absolute Gasteiger partial charge is 0.248 e. The van der Waals surface area contributed by atoms with Crippen LogP contribution in [-0.4, -0.2) is 25.1 Å². The van der Waals surface area contributed by atoms with E-state index < -0.39 is 0 Å². The zero-order chi connectivity index (χ0) is 9.97. The van der Waals surface area contributed by atoms with E-state index in [2.05, 4.69) is 20.5 Å². The van der Waals surface area contributed by atoms with Gasteiger partial charge in [-0.1, -0.05) is 10.4 Å². The first-order chi connectivity index (χ1) is 6.77. The molecule has 1 atom stereocenters. The van der Waals surface area contributed by atoms with Crippen molar-refractivity contribution in [2.45, 2.75) is 19.5 Å². The lowest BCUT2D eigenvalue weighted by atomic mass is 10.3.